The predicted molar refractivity (Wildman–Crippen MR) is 117 cm³/mol. The number of piperidine rings is 1. The van der Waals surface area contributed by atoms with Crippen LogP contribution in [0.4, 0.5) is 11.4 Å². The molecule has 1 N–H and O–H groups in total. The highest BCUT2D eigenvalue weighted by Gasteiger charge is 2.35. The summed E-state index contributed by atoms with van der Waals surface area (Å²) >= 11 is 6.47. The quantitative estimate of drug-likeness (QED) is 0.615. The molecule has 1 unspecified atom stereocenters. The van der Waals surface area contributed by atoms with E-state index in [-0.39, 0.29) is 0 Å². The molecule has 2 heterocycles. The maximum absolute atomic E-state index is 6.47. The number of nitrogens with one attached hydrogen (secondary N) is 1. The van der Waals surface area contributed by atoms with Crippen molar-refractivity contribution >= 4 is 33.7 Å². The van der Waals surface area contributed by atoms with Gasteiger partial charge in [-0.05, 0) is 54.0 Å². The number of nitrogens with zero attached hydrogens (tertiary/aromatic N) is 2. The number of rotatable bonds is 2. The molecule has 1 fully saturated rings. The van der Waals surface area contributed by atoms with Crippen LogP contribution in [0.15, 0.2) is 54.6 Å². The zero-order valence-corrected chi connectivity index (χ0v) is 16.5. The third kappa shape index (κ3) is 2.46. The summed E-state index contributed by atoms with van der Waals surface area (Å²) in [6.45, 7) is 4.43. The molecule has 0 amide bonds. The van der Waals surface area contributed by atoms with Crippen LogP contribution in [-0.4, -0.2) is 24.0 Å². The van der Waals surface area contributed by atoms with Crippen molar-refractivity contribution in [1.29, 1.82) is 0 Å². The van der Waals surface area contributed by atoms with Gasteiger partial charge in [0.05, 0.1) is 11.4 Å². The van der Waals surface area contributed by atoms with Gasteiger partial charge in [-0.25, -0.2) is 0 Å². The third-order valence-corrected chi connectivity index (χ3v) is 7.08. The Morgan fingerprint density at radius 3 is 2.68 bits per heavy atom. The van der Waals surface area contributed by atoms with Crippen LogP contribution in [0.3, 0.4) is 0 Å². The Hall–Kier alpha value is -2.23. The van der Waals surface area contributed by atoms with Crippen molar-refractivity contribution in [1.82, 2.24) is 4.90 Å². The van der Waals surface area contributed by atoms with Crippen LogP contribution in [0.5, 0.6) is 0 Å². The number of hydrogen-bond donors (Lipinski definition) is 1. The Morgan fingerprint density at radius 2 is 1.79 bits per heavy atom. The van der Waals surface area contributed by atoms with E-state index in [9.17, 15) is 0 Å². The largest absolute Gasteiger partial charge is 0.360 e. The number of anilines is 2. The van der Waals surface area contributed by atoms with Gasteiger partial charge in [0.1, 0.15) is 6.67 Å². The molecule has 4 heteroatoms. The SMILES string of the molecule is Clc1ccc2c3c(cccc13)CC2N1CCC(N2[CH]Nc3ccccc32)CC1. The maximum Gasteiger partial charge on any atom is 0.139 e. The Balaban J connectivity index is 1.22. The molecular weight excluding hydrogens is 366 g/mol. The minimum atomic E-state index is 0.492. The lowest BCUT2D eigenvalue weighted by Crippen LogP contribution is -2.44. The maximum atomic E-state index is 6.47. The fraction of sp³-hybridized carbons (Fsp3) is 0.292. The molecule has 3 aliphatic rings. The molecule has 0 saturated carbocycles. The zero-order chi connectivity index (χ0) is 18.7. The van der Waals surface area contributed by atoms with Crippen molar-refractivity contribution in [3.05, 3.63) is 77.4 Å². The molecule has 0 spiro atoms. The van der Waals surface area contributed by atoms with E-state index in [2.05, 4.69) is 76.4 Å². The van der Waals surface area contributed by atoms with Crippen LogP contribution in [0.1, 0.15) is 30.0 Å². The number of halogens is 1. The van der Waals surface area contributed by atoms with Crippen molar-refractivity contribution < 1.29 is 0 Å². The summed E-state index contributed by atoms with van der Waals surface area (Å²) in [5.74, 6) is 0. The molecule has 0 aromatic heterocycles. The van der Waals surface area contributed by atoms with Crippen LogP contribution in [-0.2, 0) is 6.42 Å². The van der Waals surface area contributed by atoms with Gasteiger partial charge in [-0.3, -0.25) is 4.90 Å². The van der Waals surface area contributed by atoms with Gasteiger partial charge >= 0.3 is 0 Å². The lowest BCUT2D eigenvalue weighted by atomic mass is 9.98. The van der Waals surface area contributed by atoms with Gasteiger partial charge in [-0.1, -0.05) is 48.0 Å². The monoisotopic (exact) mass is 388 g/mol. The number of fused-ring (bicyclic) bond motifs is 1. The van der Waals surface area contributed by atoms with E-state index in [1.165, 1.54) is 46.1 Å². The van der Waals surface area contributed by atoms with Crippen molar-refractivity contribution in [3.8, 4) is 0 Å². The number of hydrogen-bond acceptors (Lipinski definition) is 3. The topological polar surface area (TPSA) is 18.5 Å². The summed E-state index contributed by atoms with van der Waals surface area (Å²) in [5, 5.41) is 6.90. The molecule has 1 aliphatic carbocycles. The van der Waals surface area contributed by atoms with Crippen molar-refractivity contribution in [3.63, 3.8) is 0 Å². The number of likely N-dealkylation sites (tertiary alicyclic amines) is 1. The predicted octanol–water partition coefficient (Wildman–Crippen LogP) is 5.61. The fourth-order valence-corrected chi connectivity index (χ4v) is 5.60. The molecule has 0 bridgehead atoms. The summed E-state index contributed by atoms with van der Waals surface area (Å²) < 4.78 is 0. The Bertz CT molecular complexity index is 1050. The minimum absolute atomic E-state index is 0.492. The molecule has 1 radical (unpaired) electrons. The summed E-state index contributed by atoms with van der Waals surface area (Å²) in [7, 11) is 0. The Morgan fingerprint density at radius 1 is 0.929 bits per heavy atom. The van der Waals surface area contributed by atoms with Crippen LogP contribution in [0.2, 0.25) is 5.02 Å². The summed E-state index contributed by atoms with van der Waals surface area (Å²) in [6, 6.07) is 20.6. The van der Waals surface area contributed by atoms with E-state index in [0.717, 1.165) is 24.5 Å². The highest BCUT2D eigenvalue weighted by molar-refractivity contribution is 6.35. The first kappa shape index (κ1) is 16.7. The van der Waals surface area contributed by atoms with Gasteiger partial charge < -0.3 is 10.2 Å². The van der Waals surface area contributed by atoms with Gasteiger partial charge in [-0.2, -0.15) is 0 Å². The second kappa shape index (κ2) is 6.40. The van der Waals surface area contributed by atoms with Gasteiger partial charge in [0.15, 0.2) is 0 Å². The highest BCUT2D eigenvalue weighted by Crippen LogP contribution is 2.44. The van der Waals surface area contributed by atoms with E-state index < -0.39 is 0 Å². The average Bonchev–Trinajstić information content (AvgIpc) is 3.34. The van der Waals surface area contributed by atoms with Gasteiger partial charge in [0.25, 0.3) is 0 Å². The first-order chi connectivity index (χ1) is 13.8. The minimum Gasteiger partial charge on any atom is -0.360 e. The molecule has 2 aliphatic heterocycles. The summed E-state index contributed by atoms with van der Waals surface area (Å²) in [6.07, 6.45) is 3.49. The molecular formula is C24H23ClN3. The van der Waals surface area contributed by atoms with Gasteiger partial charge in [-0.15, -0.1) is 0 Å². The molecule has 1 atom stereocenters. The fourth-order valence-electron chi connectivity index (χ4n) is 5.38. The third-order valence-electron chi connectivity index (χ3n) is 6.75. The smallest absolute Gasteiger partial charge is 0.139 e. The second-order valence-corrected chi connectivity index (χ2v) is 8.57. The lowest BCUT2D eigenvalue weighted by molar-refractivity contribution is 0.155. The molecule has 1 saturated heterocycles. The van der Waals surface area contributed by atoms with E-state index in [4.69, 9.17) is 11.6 Å². The molecule has 28 heavy (non-hydrogen) atoms. The molecule has 6 rings (SSSR count). The number of para-hydroxylation sites is 2. The van der Waals surface area contributed by atoms with E-state index in [0.29, 0.717) is 12.1 Å². The normalized spacial score (nSPS) is 21.9. The summed E-state index contributed by atoms with van der Waals surface area (Å²) in [5.41, 5.74) is 5.45. The van der Waals surface area contributed by atoms with Crippen LogP contribution in [0, 0.1) is 6.67 Å². The van der Waals surface area contributed by atoms with E-state index in [1.54, 1.807) is 0 Å². The molecule has 141 valence electrons. The lowest BCUT2D eigenvalue weighted by Gasteiger charge is -2.40. The van der Waals surface area contributed by atoms with Crippen LogP contribution < -0.4 is 10.2 Å². The van der Waals surface area contributed by atoms with E-state index in [1.807, 2.05) is 0 Å². The van der Waals surface area contributed by atoms with E-state index >= 15 is 0 Å². The standard InChI is InChI=1S/C24H23ClN3/c25-20-9-8-19-23(14-16-4-3-5-18(20)24(16)19)27-12-10-17(11-13-27)28-15-26-21-6-1-2-7-22(21)28/h1-9,15,17,23,26H,10-14H2. The van der Waals surface area contributed by atoms with Crippen LogP contribution >= 0.6 is 11.6 Å². The highest BCUT2D eigenvalue weighted by atomic mass is 35.5. The van der Waals surface area contributed by atoms with Crippen molar-refractivity contribution in [2.45, 2.75) is 31.3 Å². The molecule has 3 nitrogen and oxygen atoms in total. The second-order valence-electron chi connectivity index (χ2n) is 8.16. The molecule has 3 aromatic rings. The van der Waals surface area contributed by atoms with Crippen LogP contribution in [0.25, 0.3) is 10.8 Å². The first-order valence-corrected chi connectivity index (χ1v) is 10.6. The van der Waals surface area contributed by atoms with Crippen molar-refractivity contribution in [2.24, 2.45) is 0 Å². The first-order valence-electron chi connectivity index (χ1n) is 10.2. The summed E-state index contributed by atoms with van der Waals surface area (Å²) in [4.78, 5) is 5.13. The van der Waals surface area contributed by atoms with Gasteiger partial charge in [0, 0.05) is 35.6 Å². The average molecular weight is 389 g/mol. The number of benzene rings is 3. The van der Waals surface area contributed by atoms with Crippen molar-refractivity contribution in [2.75, 3.05) is 23.3 Å². The molecule has 3 aromatic carbocycles. The Labute approximate surface area is 170 Å². The Kier molecular flexibility index (Phi) is 3.82. The van der Waals surface area contributed by atoms with Gasteiger partial charge in [0.2, 0.25) is 0 Å². The zero-order valence-electron chi connectivity index (χ0n) is 15.7.